The molecule has 0 saturated carbocycles. The number of rotatable bonds is 5. The Morgan fingerprint density at radius 3 is 2.34 bits per heavy atom. The van der Waals surface area contributed by atoms with E-state index in [4.69, 9.17) is 11.6 Å². The zero-order chi connectivity index (χ0) is 22.7. The van der Waals surface area contributed by atoms with Crippen LogP contribution in [0.4, 0.5) is 5.69 Å². The van der Waals surface area contributed by atoms with Gasteiger partial charge >= 0.3 is 0 Å². The molecule has 32 heavy (non-hydrogen) atoms. The maximum atomic E-state index is 12.6. The van der Waals surface area contributed by atoms with Crippen molar-refractivity contribution in [1.82, 2.24) is 9.78 Å². The molecule has 7 heteroatoms. The topological polar surface area (TPSA) is 64.0 Å². The molecule has 5 nitrogen and oxygen atoms in total. The summed E-state index contributed by atoms with van der Waals surface area (Å²) < 4.78 is 1.33. The summed E-state index contributed by atoms with van der Waals surface area (Å²) in [4.78, 5) is 26.0. The Kier molecular flexibility index (Phi) is 6.44. The van der Waals surface area contributed by atoms with Crippen LogP contribution in [0.2, 0.25) is 5.02 Å². The molecule has 1 amide bonds. The number of benzene rings is 3. The predicted octanol–water partition coefficient (Wildman–Crippen LogP) is 5.91. The van der Waals surface area contributed by atoms with Gasteiger partial charge in [-0.1, -0.05) is 47.1 Å². The van der Waals surface area contributed by atoms with Crippen LogP contribution in [0, 0.1) is 13.8 Å². The molecular formula is C25H20ClN3O2S. The Morgan fingerprint density at radius 2 is 1.66 bits per heavy atom. The van der Waals surface area contributed by atoms with Crippen molar-refractivity contribution in [3.8, 4) is 5.69 Å². The molecule has 0 radical (unpaired) electrons. The summed E-state index contributed by atoms with van der Waals surface area (Å²) in [5.74, 6) is -0.263. The van der Waals surface area contributed by atoms with E-state index in [9.17, 15) is 9.59 Å². The second-order valence-corrected chi connectivity index (χ2v) is 8.80. The zero-order valence-electron chi connectivity index (χ0n) is 17.5. The molecule has 0 spiro atoms. The van der Waals surface area contributed by atoms with E-state index in [1.165, 1.54) is 28.1 Å². The normalized spacial score (nSPS) is 10.7. The standard InChI is InChI=1S/C25H20ClN3O2S/c1-16-3-11-21(12-4-16)32-23-13-14-24(30)29(28-23)20-9-6-18(7-10-20)25(31)27-19-8-5-17(2)22(26)15-19/h3-15H,1-2H3,(H,27,31). The minimum atomic E-state index is -0.263. The third-order valence-corrected chi connectivity index (χ3v) is 6.16. The number of halogens is 1. The second kappa shape index (κ2) is 9.42. The molecule has 4 rings (SSSR count). The first-order chi connectivity index (χ1) is 15.4. The lowest BCUT2D eigenvalue weighted by atomic mass is 10.1. The molecule has 0 atom stereocenters. The first kappa shape index (κ1) is 21.9. The van der Waals surface area contributed by atoms with E-state index < -0.39 is 0 Å². The lowest BCUT2D eigenvalue weighted by Gasteiger charge is -2.09. The van der Waals surface area contributed by atoms with E-state index in [2.05, 4.69) is 10.4 Å². The highest BCUT2D eigenvalue weighted by Gasteiger charge is 2.10. The van der Waals surface area contributed by atoms with E-state index in [1.807, 2.05) is 44.2 Å². The molecule has 1 heterocycles. The van der Waals surface area contributed by atoms with E-state index in [1.54, 1.807) is 42.5 Å². The van der Waals surface area contributed by atoms with Crippen molar-refractivity contribution in [2.24, 2.45) is 0 Å². The number of aromatic nitrogens is 2. The molecule has 0 saturated heterocycles. The van der Waals surface area contributed by atoms with Crippen molar-refractivity contribution >= 4 is 35.0 Å². The number of amides is 1. The van der Waals surface area contributed by atoms with Gasteiger partial charge in [-0.15, -0.1) is 0 Å². The first-order valence-corrected chi connectivity index (χ1v) is 11.1. The van der Waals surface area contributed by atoms with Gasteiger partial charge in [0.05, 0.1) is 5.69 Å². The van der Waals surface area contributed by atoms with Crippen molar-refractivity contribution in [3.05, 3.63) is 111 Å². The monoisotopic (exact) mass is 461 g/mol. The van der Waals surface area contributed by atoms with E-state index >= 15 is 0 Å². The Labute approximate surface area is 195 Å². The highest BCUT2D eigenvalue weighted by Crippen LogP contribution is 2.25. The van der Waals surface area contributed by atoms with Gasteiger partial charge in [0.25, 0.3) is 11.5 Å². The van der Waals surface area contributed by atoms with Crippen molar-refractivity contribution in [2.75, 3.05) is 5.32 Å². The minimum Gasteiger partial charge on any atom is -0.322 e. The predicted molar refractivity (Wildman–Crippen MR) is 129 cm³/mol. The fourth-order valence-electron chi connectivity index (χ4n) is 2.99. The van der Waals surface area contributed by atoms with Gasteiger partial charge in [0.15, 0.2) is 0 Å². The van der Waals surface area contributed by atoms with Gasteiger partial charge in [-0.25, -0.2) is 0 Å². The summed E-state index contributed by atoms with van der Waals surface area (Å²) >= 11 is 7.60. The Bertz CT molecular complexity index is 1330. The molecule has 0 fully saturated rings. The summed E-state index contributed by atoms with van der Waals surface area (Å²) in [6.45, 7) is 3.93. The summed E-state index contributed by atoms with van der Waals surface area (Å²) in [5.41, 5.74) is 3.54. The number of hydrogen-bond donors (Lipinski definition) is 1. The van der Waals surface area contributed by atoms with Crippen LogP contribution in [-0.2, 0) is 0 Å². The van der Waals surface area contributed by atoms with Crippen LogP contribution in [-0.4, -0.2) is 15.7 Å². The highest BCUT2D eigenvalue weighted by molar-refractivity contribution is 7.99. The maximum absolute atomic E-state index is 12.6. The van der Waals surface area contributed by atoms with Crippen LogP contribution in [0.3, 0.4) is 0 Å². The summed E-state index contributed by atoms with van der Waals surface area (Å²) in [7, 11) is 0. The lowest BCUT2D eigenvalue weighted by Crippen LogP contribution is -2.20. The van der Waals surface area contributed by atoms with Gasteiger partial charge in [0.2, 0.25) is 0 Å². The van der Waals surface area contributed by atoms with Gasteiger partial charge in [0.1, 0.15) is 5.03 Å². The minimum absolute atomic E-state index is 0.246. The van der Waals surface area contributed by atoms with Gasteiger partial charge in [-0.05, 0) is 74.0 Å². The van der Waals surface area contributed by atoms with Crippen LogP contribution in [0.5, 0.6) is 0 Å². The Balaban J connectivity index is 1.53. The van der Waals surface area contributed by atoms with Crippen LogP contribution in [0.1, 0.15) is 21.5 Å². The van der Waals surface area contributed by atoms with E-state index in [-0.39, 0.29) is 11.5 Å². The summed E-state index contributed by atoms with van der Waals surface area (Å²) in [6, 6.07) is 23.4. The van der Waals surface area contributed by atoms with E-state index in [0.29, 0.717) is 27.0 Å². The van der Waals surface area contributed by atoms with E-state index in [0.717, 1.165) is 10.5 Å². The average molecular weight is 462 g/mol. The third kappa shape index (κ3) is 5.10. The number of hydrogen-bond acceptors (Lipinski definition) is 4. The van der Waals surface area contributed by atoms with Crippen LogP contribution in [0.25, 0.3) is 5.69 Å². The molecule has 4 aromatic rings. The SMILES string of the molecule is Cc1ccc(Sc2ccc(=O)n(-c3ccc(C(=O)Nc4ccc(C)c(Cl)c4)cc3)n2)cc1. The molecule has 0 aliphatic rings. The molecule has 0 aliphatic carbocycles. The number of nitrogens with zero attached hydrogens (tertiary/aromatic N) is 2. The van der Waals surface area contributed by atoms with Crippen molar-refractivity contribution < 1.29 is 4.79 Å². The average Bonchev–Trinajstić information content (AvgIpc) is 2.79. The number of nitrogens with one attached hydrogen (secondary N) is 1. The quantitative estimate of drug-likeness (QED) is 0.401. The van der Waals surface area contributed by atoms with Gasteiger partial charge < -0.3 is 5.32 Å². The lowest BCUT2D eigenvalue weighted by molar-refractivity contribution is 0.102. The molecule has 1 N–H and O–H groups in total. The number of aryl methyl sites for hydroxylation is 2. The fraction of sp³-hybridized carbons (Fsp3) is 0.0800. The zero-order valence-corrected chi connectivity index (χ0v) is 19.1. The van der Waals surface area contributed by atoms with Gasteiger partial charge in [-0.2, -0.15) is 9.78 Å². The largest absolute Gasteiger partial charge is 0.322 e. The molecule has 1 aromatic heterocycles. The van der Waals surface area contributed by atoms with Crippen LogP contribution in [0.15, 0.2) is 93.6 Å². The molecular weight excluding hydrogens is 442 g/mol. The van der Waals surface area contributed by atoms with Gasteiger partial charge in [0, 0.05) is 27.2 Å². The van der Waals surface area contributed by atoms with Crippen LogP contribution >= 0.6 is 23.4 Å². The number of carbonyl (C=O) groups excluding carboxylic acids is 1. The Hall–Kier alpha value is -3.35. The molecule has 0 aliphatic heterocycles. The van der Waals surface area contributed by atoms with Crippen LogP contribution < -0.4 is 10.9 Å². The summed E-state index contributed by atoms with van der Waals surface area (Å²) in [6.07, 6.45) is 0. The second-order valence-electron chi connectivity index (χ2n) is 7.30. The fourth-order valence-corrected chi connectivity index (χ4v) is 3.94. The third-order valence-electron chi connectivity index (χ3n) is 4.82. The first-order valence-electron chi connectivity index (χ1n) is 9.92. The Morgan fingerprint density at radius 1 is 0.938 bits per heavy atom. The number of anilines is 1. The molecule has 160 valence electrons. The van der Waals surface area contributed by atoms with Gasteiger partial charge in [-0.3, -0.25) is 9.59 Å². The smallest absolute Gasteiger partial charge is 0.271 e. The van der Waals surface area contributed by atoms with Crippen molar-refractivity contribution in [1.29, 1.82) is 0 Å². The maximum Gasteiger partial charge on any atom is 0.271 e. The molecule has 0 bridgehead atoms. The molecule has 3 aromatic carbocycles. The molecule has 0 unspecified atom stereocenters. The van der Waals surface area contributed by atoms with Crippen molar-refractivity contribution in [3.63, 3.8) is 0 Å². The van der Waals surface area contributed by atoms with Crippen molar-refractivity contribution in [2.45, 2.75) is 23.8 Å². The highest BCUT2D eigenvalue weighted by atomic mass is 35.5. The number of carbonyl (C=O) groups is 1. The summed E-state index contributed by atoms with van der Waals surface area (Å²) in [5, 5.41) is 8.59.